The maximum Gasteiger partial charge on any atom is 0.212 e. The van der Waals surface area contributed by atoms with Gasteiger partial charge in [-0.05, 0) is 29.8 Å². The van der Waals surface area contributed by atoms with E-state index < -0.39 is 0 Å². The third kappa shape index (κ3) is 2.90. The maximum atomic E-state index is 10.7. The molecule has 0 aromatic heterocycles. The Morgan fingerprint density at radius 2 is 1.86 bits per heavy atom. The minimum absolute atomic E-state index is 0.0483. The molecule has 1 heterocycles. The van der Waals surface area contributed by atoms with Crippen molar-refractivity contribution in [2.45, 2.75) is 12.5 Å². The summed E-state index contributed by atoms with van der Waals surface area (Å²) in [4.78, 5) is 10.7. The number of benzene rings is 2. The van der Waals surface area contributed by atoms with Crippen molar-refractivity contribution in [3.8, 4) is 0 Å². The largest absolute Gasteiger partial charge is 0.315 e. The number of hydrazone groups is 1. The Morgan fingerprint density at radius 1 is 1.14 bits per heavy atom. The van der Waals surface area contributed by atoms with Gasteiger partial charge < -0.3 is 5.32 Å². The van der Waals surface area contributed by atoms with E-state index in [2.05, 4.69) is 10.4 Å². The highest BCUT2D eigenvalue weighted by Gasteiger charge is 2.28. The third-order valence-corrected chi connectivity index (χ3v) is 3.66. The number of hydrogen-bond acceptors (Lipinski definition) is 3. The van der Waals surface area contributed by atoms with Gasteiger partial charge in [-0.15, -0.1) is 0 Å². The monoisotopic (exact) mass is 299 g/mol. The van der Waals surface area contributed by atoms with Crippen molar-refractivity contribution in [2.75, 3.05) is 5.01 Å². The van der Waals surface area contributed by atoms with Crippen LogP contribution in [0.25, 0.3) is 0 Å². The molecule has 1 aliphatic rings. The third-order valence-electron chi connectivity index (χ3n) is 3.41. The summed E-state index contributed by atoms with van der Waals surface area (Å²) in [6.07, 6.45) is 1.31. The summed E-state index contributed by atoms with van der Waals surface area (Å²) in [5, 5.41) is 9.79. The molecule has 0 saturated heterocycles. The molecule has 0 bridgehead atoms. The van der Waals surface area contributed by atoms with Crippen molar-refractivity contribution in [3.63, 3.8) is 0 Å². The van der Waals surface area contributed by atoms with Crippen molar-refractivity contribution < 1.29 is 4.79 Å². The summed E-state index contributed by atoms with van der Waals surface area (Å²) in [5.74, 6) is 0.661. The van der Waals surface area contributed by atoms with E-state index in [0.29, 0.717) is 23.7 Å². The first-order chi connectivity index (χ1) is 10.3. The van der Waals surface area contributed by atoms with E-state index >= 15 is 0 Å². The van der Waals surface area contributed by atoms with Gasteiger partial charge in [0.2, 0.25) is 6.41 Å². The SMILES string of the molecule is O=CNC1=NN(c2ccccc2)C(c2ccc(Cl)cc2)C1. The van der Waals surface area contributed by atoms with Gasteiger partial charge >= 0.3 is 0 Å². The summed E-state index contributed by atoms with van der Waals surface area (Å²) < 4.78 is 0. The van der Waals surface area contributed by atoms with Crippen LogP contribution in [0.2, 0.25) is 5.02 Å². The van der Waals surface area contributed by atoms with E-state index in [4.69, 9.17) is 11.6 Å². The van der Waals surface area contributed by atoms with Crippen LogP contribution in [0, 0.1) is 0 Å². The van der Waals surface area contributed by atoms with E-state index in [1.807, 2.05) is 59.6 Å². The minimum Gasteiger partial charge on any atom is -0.315 e. The molecule has 5 heteroatoms. The maximum absolute atomic E-state index is 10.7. The summed E-state index contributed by atoms with van der Waals surface area (Å²) in [6, 6.07) is 17.6. The van der Waals surface area contributed by atoms with E-state index in [1.54, 1.807) is 0 Å². The first-order valence-electron chi connectivity index (χ1n) is 6.65. The molecule has 0 aliphatic carbocycles. The number of nitrogens with zero attached hydrogens (tertiary/aromatic N) is 2. The summed E-state index contributed by atoms with van der Waals surface area (Å²) >= 11 is 5.95. The Bertz CT molecular complexity index is 655. The number of carbonyl (C=O) groups excluding carboxylic acids is 1. The van der Waals surface area contributed by atoms with Gasteiger partial charge in [-0.25, -0.2) is 0 Å². The molecule has 2 aromatic carbocycles. The van der Waals surface area contributed by atoms with Crippen LogP contribution in [0.1, 0.15) is 18.0 Å². The smallest absolute Gasteiger partial charge is 0.212 e. The fourth-order valence-electron chi connectivity index (χ4n) is 2.43. The zero-order chi connectivity index (χ0) is 14.7. The molecule has 1 unspecified atom stereocenters. The predicted molar refractivity (Wildman–Crippen MR) is 84.4 cm³/mol. The first-order valence-corrected chi connectivity index (χ1v) is 7.03. The van der Waals surface area contributed by atoms with Crippen LogP contribution in [0.5, 0.6) is 0 Å². The van der Waals surface area contributed by atoms with Gasteiger partial charge in [-0.3, -0.25) is 9.80 Å². The van der Waals surface area contributed by atoms with Gasteiger partial charge in [-0.2, -0.15) is 5.10 Å². The predicted octanol–water partition coefficient (Wildman–Crippen LogP) is 3.35. The van der Waals surface area contributed by atoms with Crippen LogP contribution < -0.4 is 10.3 Å². The van der Waals surface area contributed by atoms with Crippen LogP contribution in [-0.4, -0.2) is 12.2 Å². The number of carbonyl (C=O) groups is 1. The van der Waals surface area contributed by atoms with E-state index in [1.165, 1.54) is 0 Å². The highest BCUT2D eigenvalue weighted by atomic mass is 35.5. The lowest BCUT2D eigenvalue weighted by atomic mass is 10.0. The molecule has 21 heavy (non-hydrogen) atoms. The number of nitrogens with one attached hydrogen (secondary N) is 1. The molecule has 1 amide bonds. The van der Waals surface area contributed by atoms with Crippen LogP contribution in [0.15, 0.2) is 59.7 Å². The number of hydrogen-bond donors (Lipinski definition) is 1. The standard InChI is InChI=1S/C16H14ClN3O/c17-13-8-6-12(7-9-13)15-10-16(18-11-21)19-20(15)14-4-2-1-3-5-14/h1-9,11,15H,10H2,(H,18,19,21). The van der Waals surface area contributed by atoms with Crippen molar-refractivity contribution in [3.05, 3.63) is 65.2 Å². The molecule has 3 rings (SSSR count). The Balaban J connectivity index is 1.95. The fourth-order valence-corrected chi connectivity index (χ4v) is 2.55. The van der Waals surface area contributed by atoms with Gasteiger partial charge in [0.25, 0.3) is 0 Å². The van der Waals surface area contributed by atoms with Gasteiger partial charge in [0.15, 0.2) is 0 Å². The molecule has 0 saturated carbocycles. The second-order valence-electron chi connectivity index (χ2n) is 4.76. The lowest BCUT2D eigenvalue weighted by molar-refractivity contribution is -0.108. The molecule has 1 atom stereocenters. The molecular weight excluding hydrogens is 286 g/mol. The molecule has 1 N–H and O–H groups in total. The number of amidine groups is 1. The molecule has 0 radical (unpaired) electrons. The van der Waals surface area contributed by atoms with Crippen molar-refractivity contribution in [1.82, 2.24) is 5.32 Å². The van der Waals surface area contributed by atoms with Crippen molar-refractivity contribution in [1.29, 1.82) is 0 Å². The highest BCUT2D eigenvalue weighted by Crippen LogP contribution is 2.34. The van der Waals surface area contributed by atoms with Crippen LogP contribution in [-0.2, 0) is 4.79 Å². The number of rotatable bonds is 3. The van der Waals surface area contributed by atoms with Gasteiger partial charge in [0.05, 0.1) is 11.7 Å². The minimum atomic E-state index is 0.0483. The Labute approximate surface area is 128 Å². The van der Waals surface area contributed by atoms with Crippen molar-refractivity contribution in [2.24, 2.45) is 5.10 Å². The summed E-state index contributed by atoms with van der Waals surface area (Å²) in [7, 11) is 0. The van der Waals surface area contributed by atoms with Gasteiger partial charge in [0.1, 0.15) is 5.84 Å². The highest BCUT2D eigenvalue weighted by molar-refractivity contribution is 6.30. The second-order valence-corrected chi connectivity index (χ2v) is 5.20. The number of para-hydroxylation sites is 1. The van der Waals surface area contributed by atoms with Gasteiger partial charge in [-0.1, -0.05) is 41.9 Å². The zero-order valence-corrected chi connectivity index (χ0v) is 12.0. The molecule has 0 fully saturated rings. The first kappa shape index (κ1) is 13.6. The van der Waals surface area contributed by atoms with E-state index in [-0.39, 0.29) is 6.04 Å². The number of amides is 1. The fraction of sp³-hybridized carbons (Fsp3) is 0.125. The normalized spacial score (nSPS) is 17.5. The average Bonchev–Trinajstić information content (AvgIpc) is 2.93. The van der Waals surface area contributed by atoms with E-state index in [0.717, 1.165) is 11.3 Å². The Kier molecular flexibility index (Phi) is 3.88. The van der Waals surface area contributed by atoms with Crippen LogP contribution in [0.4, 0.5) is 5.69 Å². The molecule has 106 valence electrons. The Morgan fingerprint density at radius 3 is 2.52 bits per heavy atom. The number of anilines is 1. The van der Waals surface area contributed by atoms with Crippen LogP contribution >= 0.6 is 11.6 Å². The quantitative estimate of drug-likeness (QED) is 0.883. The topological polar surface area (TPSA) is 44.7 Å². The molecule has 1 aliphatic heterocycles. The number of halogens is 1. The molecule has 4 nitrogen and oxygen atoms in total. The van der Waals surface area contributed by atoms with Crippen molar-refractivity contribution >= 4 is 29.5 Å². The summed E-state index contributed by atoms with van der Waals surface area (Å²) in [6.45, 7) is 0. The zero-order valence-electron chi connectivity index (χ0n) is 11.2. The Hall–Kier alpha value is -2.33. The molecule has 0 spiro atoms. The van der Waals surface area contributed by atoms with E-state index in [9.17, 15) is 4.79 Å². The molecular formula is C16H14ClN3O. The lowest BCUT2D eigenvalue weighted by Crippen LogP contribution is -2.20. The average molecular weight is 300 g/mol. The lowest BCUT2D eigenvalue weighted by Gasteiger charge is -2.23. The van der Waals surface area contributed by atoms with Crippen LogP contribution in [0.3, 0.4) is 0 Å². The van der Waals surface area contributed by atoms with Gasteiger partial charge in [0, 0.05) is 11.4 Å². The summed E-state index contributed by atoms with van der Waals surface area (Å²) in [5.41, 5.74) is 2.09. The molecule has 2 aromatic rings. The second kappa shape index (κ2) is 5.97.